The number of rotatable bonds is 11. The van der Waals surface area contributed by atoms with Crippen molar-refractivity contribution in [2.24, 2.45) is 0 Å². The van der Waals surface area contributed by atoms with Gasteiger partial charge in [-0.2, -0.15) is 0 Å². The molecule has 0 unspecified atom stereocenters. The van der Waals surface area contributed by atoms with Gasteiger partial charge in [-0.05, 0) is 51.7 Å². The van der Waals surface area contributed by atoms with Crippen molar-refractivity contribution in [2.45, 2.75) is 13.3 Å². The minimum Gasteiger partial charge on any atom is -0.492 e. The van der Waals surface area contributed by atoms with Gasteiger partial charge in [0.25, 0.3) is 0 Å². The average molecular weight is 282 g/mol. The van der Waals surface area contributed by atoms with Crippen molar-refractivity contribution in [1.29, 1.82) is 0 Å². The van der Waals surface area contributed by atoms with Gasteiger partial charge in [0.15, 0.2) is 0 Å². The molecule has 4 heteroatoms. The van der Waals surface area contributed by atoms with E-state index >= 15 is 0 Å². The smallest absolute Gasteiger partial charge is 0.119 e. The first kappa shape index (κ1) is 17.0. The highest BCUT2D eigenvalue weighted by atomic mass is 16.5. The predicted octanol–water partition coefficient (Wildman–Crippen LogP) is 2.04. The quantitative estimate of drug-likeness (QED) is 0.630. The Kier molecular flexibility index (Phi) is 9.04. The SMILES string of the molecule is CCOCCN(C)CCOc1ccc(CCNC)cc1.[HH]. The van der Waals surface area contributed by atoms with Crippen LogP contribution in [0.15, 0.2) is 24.3 Å². The molecule has 1 rings (SSSR count). The fraction of sp³-hybridized carbons (Fsp3) is 0.625. The Bertz CT molecular complexity index is 347. The van der Waals surface area contributed by atoms with E-state index in [4.69, 9.17) is 9.47 Å². The topological polar surface area (TPSA) is 33.7 Å². The first-order chi connectivity index (χ1) is 9.76. The van der Waals surface area contributed by atoms with E-state index in [2.05, 4.69) is 29.4 Å². The highest BCUT2D eigenvalue weighted by molar-refractivity contribution is 5.27. The van der Waals surface area contributed by atoms with Gasteiger partial charge in [0.05, 0.1) is 6.61 Å². The Morgan fingerprint density at radius 1 is 1.15 bits per heavy atom. The van der Waals surface area contributed by atoms with E-state index in [1.807, 2.05) is 26.1 Å². The molecule has 0 aliphatic rings. The molecule has 0 fully saturated rings. The summed E-state index contributed by atoms with van der Waals surface area (Å²) in [5.74, 6) is 0.941. The van der Waals surface area contributed by atoms with Gasteiger partial charge >= 0.3 is 0 Å². The van der Waals surface area contributed by atoms with E-state index in [-0.39, 0.29) is 1.43 Å². The zero-order valence-corrected chi connectivity index (χ0v) is 13.0. The maximum Gasteiger partial charge on any atom is 0.119 e. The zero-order chi connectivity index (χ0) is 14.6. The van der Waals surface area contributed by atoms with Gasteiger partial charge < -0.3 is 19.7 Å². The predicted molar refractivity (Wildman–Crippen MR) is 85.7 cm³/mol. The Balaban J connectivity index is 0.00000400. The van der Waals surface area contributed by atoms with Crippen LogP contribution < -0.4 is 10.1 Å². The van der Waals surface area contributed by atoms with Crippen LogP contribution in [-0.2, 0) is 11.2 Å². The fourth-order valence-electron chi connectivity index (χ4n) is 1.82. The minimum absolute atomic E-state index is 0. The van der Waals surface area contributed by atoms with E-state index < -0.39 is 0 Å². The van der Waals surface area contributed by atoms with Gasteiger partial charge in [0, 0.05) is 21.1 Å². The summed E-state index contributed by atoms with van der Waals surface area (Å²) in [5.41, 5.74) is 1.33. The third-order valence-corrected chi connectivity index (χ3v) is 3.15. The monoisotopic (exact) mass is 282 g/mol. The summed E-state index contributed by atoms with van der Waals surface area (Å²) >= 11 is 0. The van der Waals surface area contributed by atoms with E-state index in [1.165, 1.54) is 5.56 Å². The van der Waals surface area contributed by atoms with Crippen molar-refractivity contribution < 1.29 is 10.9 Å². The standard InChI is InChI=1S/C16H28N2O2.H2/c1-4-19-13-11-18(3)12-14-20-16-7-5-15(6-8-16)9-10-17-2;/h5-8,17H,4,9-14H2,1-3H3;1H. The Hall–Kier alpha value is -1.10. The summed E-state index contributed by atoms with van der Waals surface area (Å²) in [7, 11) is 4.06. The summed E-state index contributed by atoms with van der Waals surface area (Å²) in [4.78, 5) is 2.22. The van der Waals surface area contributed by atoms with Crippen molar-refractivity contribution in [3.8, 4) is 5.75 Å². The highest BCUT2D eigenvalue weighted by Crippen LogP contribution is 2.12. The third-order valence-electron chi connectivity index (χ3n) is 3.15. The molecule has 1 aromatic carbocycles. The maximum absolute atomic E-state index is 5.74. The van der Waals surface area contributed by atoms with Crippen molar-refractivity contribution in [1.82, 2.24) is 10.2 Å². The van der Waals surface area contributed by atoms with E-state index in [9.17, 15) is 0 Å². The molecule has 0 spiro atoms. The molecular formula is C16H30N2O2. The molecule has 116 valence electrons. The molecule has 0 atom stereocenters. The second-order valence-corrected chi connectivity index (χ2v) is 4.85. The molecule has 0 saturated carbocycles. The van der Waals surface area contributed by atoms with Crippen LogP contribution in [0.5, 0.6) is 5.75 Å². The van der Waals surface area contributed by atoms with Gasteiger partial charge in [-0.1, -0.05) is 12.1 Å². The fourth-order valence-corrected chi connectivity index (χ4v) is 1.82. The van der Waals surface area contributed by atoms with Crippen LogP contribution in [0.3, 0.4) is 0 Å². The van der Waals surface area contributed by atoms with E-state index in [1.54, 1.807) is 0 Å². The first-order valence-corrected chi connectivity index (χ1v) is 7.39. The van der Waals surface area contributed by atoms with Crippen LogP contribution in [0.25, 0.3) is 0 Å². The number of likely N-dealkylation sites (N-methyl/N-ethyl adjacent to an activating group) is 2. The van der Waals surface area contributed by atoms with Crippen LogP contribution in [0.4, 0.5) is 0 Å². The second-order valence-electron chi connectivity index (χ2n) is 4.85. The third kappa shape index (κ3) is 7.48. The molecule has 0 radical (unpaired) electrons. The van der Waals surface area contributed by atoms with Gasteiger partial charge in [-0.3, -0.25) is 0 Å². The summed E-state index contributed by atoms with van der Waals surface area (Å²) in [6.45, 7) is 7.15. The lowest BCUT2D eigenvalue weighted by Crippen LogP contribution is -2.27. The minimum atomic E-state index is 0. The van der Waals surface area contributed by atoms with E-state index in [0.29, 0.717) is 6.61 Å². The van der Waals surface area contributed by atoms with Crippen molar-refractivity contribution in [3.63, 3.8) is 0 Å². The number of nitrogens with one attached hydrogen (secondary N) is 1. The lowest BCUT2D eigenvalue weighted by molar-refractivity contribution is 0.116. The zero-order valence-electron chi connectivity index (χ0n) is 13.0. The van der Waals surface area contributed by atoms with Crippen molar-refractivity contribution in [3.05, 3.63) is 29.8 Å². The van der Waals surface area contributed by atoms with Gasteiger partial charge in [-0.25, -0.2) is 0 Å². The largest absolute Gasteiger partial charge is 0.492 e. The molecule has 0 bridgehead atoms. The first-order valence-electron chi connectivity index (χ1n) is 7.39. The van der Waals surface area contributed by atoms with Crippen LogP contribution in [0.2, 0.25) is 0 Å². The van der Waals surface area contributed by atoms with Crippen molar-refractivity contribution >= 4 is 0 Å². The van der Waals surface area contributed by atoms with Gasteiger partial charge in [0.1, 0.15) is 12.4 Å². The Morgan fingerprint density at radius 2 is 1.85 bits per heavy atom. The van der Waals surface area contributed by atoms with Crippen LogP contribution >= 0.6 is 0 Å². The molecule has 0 aliphatic carbocycles. The van der Waals surface area contributed by atoms with E-state index in [0.717, 1.165) is 45.0 Å². The lowest BCUT2D eigenvalue weighted by atomic mass is 10.1. The average Bonchev–Trinajstić information content (AvgIpc) is 2.47. The number of nitrogens with zero attached hydrogens (tertiary/aromatic N) is 1. The maximum atomic E-state index is 5.74. The molecule has 0 aromatic heterocycles. The van der Waals surface area contributed by atoms with Crippen LogP contribution in [0.1, 0.15) is 13.9 Å². The molecule has 0 heterocycles. The number of benzene rings is 1. The molecule has 0 aliphatic heterocycles. The molecule has 4 nitrogen and oxygen atoms in total. The summed E-state index contributed by atoms with van der Waals surface area (Å²) in [5, 5.41) is 3.15. The second kappa shape index (κ2) is 10.7. The number of ether oxygens (including phenoxy) is 2. The van der Waals surface area contributed by atoms with Crippen LogP contribution in [-0.4, -0.2) is 58.5 Å². The summed E-state index contributed by atoms with van der Waals surface area (Å²) in [6.07, 6.45) is 1.05. The van der Waals surface area contributed by atoms with Crippen molar-refractivity contribution in [2.75, 3.05) is 53.6 Å². The molecule has 0 amide bonds. The highest BCUT2D eigenvalue weighted by Gasteiger charge is 1.99. The summed E-state index contributed by atoms with van der Waals surface area (Å²) < 4.78 is 11.1. The summed E-state index contributed by atoms with van der Waals surface area (Å²) in [6, 6.07) is 8.35. The molecule has 1 aromatic rings. The number of hydrogen-bond acceptors (Lipinski definition) is 4. The Labute approximate surface area is 124 Å². The molecule has 20 heavy (non-hydrogen) atoms. The van der Waals surface area contributed by atoms with Gasteiger partial charge in [0.2, 0.25) is 0 Å². The van der Waals surface area contributed by atoms with Crippen LogP contribution in [0, 0.1) is 0 Å². The normalized spacial score (nSPS) is 11.0. The van der Waals surface area contributed by atoms with Gasteiger partial charge in [-0.15, -0.1) is 0 Å². The Morgan fingerprint density at radius 3 is 2.50 bits per heavy atom. The molecule has 1 N–H and O–H groups in total. The molecule has 0 saturated heterocycles. The lowest BCUT2D eigenvalue weighted by Gasteiger charge is -2.16. The molecular weight excluding hydrogens is 252 g/mol. The number of hydrogen-bond donors (Lipinski definition) is 1.